The van der Waals surface area contributed by atoms with E-state index in [4.69, 9.17) is 0 Å². The fraction of sp³-hybridized carbons (Fsp3) is 0.312. The Balaban J connectivity index is 1.25. The van der Waals surface area contributed by atoms with E-state index >= 15 is 0 Å². The highest BCUT2D eigenvalue weighted by Crippen LogP contribution is 2.36. The molecule has 1 atom stereocenters. The zero-order chi connectivity index (χ0) is 32.5. The Morgan fingerprint density at radius 1 is 1.04 bits per heavy atom. The van der Waals surface area contributed by atoms with Gasteiger partial charge in [-0.25, -0.2) is 14.5 Å². The van der Waals surface area contributed by atoms with Crippen LogP contribution in [0, 0.1) is 6.92 Å². The van der Waals surface area contributed by atoms with Crippen LogP contribution in [-0.2, 0) is 10.3 Å². The second-order valence-electron chi connectivity index (χ2n) is 11.5. The van der Waals surface area contributed by atoms with E-state index in [9.17, 15) is 22.8 Å². The molecule has 0 spiro atoms. The summed E-state index contributed by atoms with van der Waals surface area (Å²) in [6.07, 6.45) is -3.30. The predicted octanol–water partition coefficient (Wildman–Crippen LogP) is 6.86. The average Bonchev–Trinajstić information content (AvgIpc) is 3.59. The Morgan fingerprint density at radius 2 is 1.73 bits per heavy atom. The summed E-state index contributed by atoms with van der Waals surface area (Å²) in [5, 5.41) is 10.4. The summed E-state index contributed by atoms with van der Waals surface area (Å²) >= 11 is 1.37. The van der Waals surface area contributed by atoms with Gasteiger partial charge in [-0.2, -0.15) is 0 Å². The summed E-state index contributed by atoms with van der Waals surface area (Å²) in [5.74, 6) is 0.499. The van der Waals surface area contributed by atoms with Crippen molar-refractivity contribution in [2.75, 3.05) is 10.7 Å². The first-order valence-corrected chi connectivity index (χ1v) is 15.3. The number of nitrogens with one attached hydrogen (secondary N) is 2. The predicted molar refractivity (Wildman–Crippen MR) is 167 cm³/mol. The maximum atomic E-state index is 13.2. The third-order valence-corrected chi connectivity index (χ3v) is 8.37. The molecule has 0 saturated carbocycles. The van der Waals surface area contributed by atoms with Crippen LogP contribution in [0.25, 0.3) is 17.1 Å². The van der Waals surface area contributed by atoms with Gasteiger partial charge in [-0.05, 0) is 73.7 Å². The largest absolute Gasteiger partial charge is 0.573 e. The molecule has 1 aliphatic rings. The molecule has 45 heavy (non-hydrogen) atoms. The second-order valence-corrected chi connectivity index (χ2v) is 12.6. The lowest BCUT2D eigenvalue weighted by atomic mass is 9.93. The number of ether oxygens (including phenoxy) is 1. The fourth-order valence-electron chi connectivity index (χ4n) is 5.00. The molecule has 3 amide bonds. The first-order chi connectivity index (χ1) is 21.2. The number of thioether (sulfide) groups is 1. The van der Waals surface area contributed by atoms with Gasteiger partial charge in [0.1, 0.15) is 12.1 Å². The molecule has 1 saturated heterocycles. The SMILES string of the molecule is Cc1ccc(C(C)C)c(N2C(=O)CSC2NC(=O)NC(C)(C)c2ccc(-c3ncn(-c4ccc(OC(F)(F)F)cc4)n3)cc2)c1. The number of halogens is 3. The lowest BCUT2D eigenvalue weighted by molar-refractivity contribution is -0.274. The number of carbonyl (C=O) groups excluding carboxylic acids is 2. The van der Waals surface area contributed by atoms with Crippen LogP contribution in [-0.4, -0.2) is 44.3 Å². The number of nitrogens with zero attached hydrogens (tertiary/aromatic N) is 4. The molecule has 1 aromatic heterocycles. The summed E-state index contributed by atoms with van der Waals surface area (Å²) in [6.45, 7) is 9.88. The third-order valence-electron chi connectivity index (χ3n) is 7.31. The molecule has 0 radical (unpaired) electrons. The molecule has 1 aliphatic heterocycles. The smallest absolute Gasteiger partial charge is 0.406 e. The Morgan fingerprint density at radius 3 is 2.38 bits per heavy atom. The van der Waals surface area contributed by atoms with Crippen LogP contribution in [0.15, 0.2) is 73.1 Å². The van der Waals surface area contributed by atoms with E-state index in [0.717, 1.165) is 22.4 Å². The molecule has 2 heterocycles. The van der Waals surface area contributed by atoms with Crippen LogP contribution in [0.2, 0.25) is 0 Å². The highest BCUT2D eigenvalue weighted by Gasteiger charge is 2.36. The van der Waals surface area contributed by atoms with E-state index in [1.165, 1.54) is 47.0 Å². The Hall–Kier alpha value is -4.52. The highest BCUT2D eigenvalue weighted by molar-refractivity contribution is 8.01. The van der Waals surface area contributed by atoms with E-state index in [-0.39, 0.29) is 23.3 Å². The zero-order valence-corrected chi connectivity index (χ0v) is 26.2. The second kappa shape index (κ2) is 12.5. The van der Waals surface area contributed by atoms with Crippen molar-refractivity contribution in [1.82, 2.24) is 25.4 Å². The van der Waals surface area contributed by atoms with E-state index < -0.39 is 23.4 Å². The van der Waals surface area contributed by atoms with E-state index in [1.807, 2.05) is 63.2 Å². The molecular formula is C32H33F3N6O3S. The summed E-state index contributed by atoms with van der Waals surface area (Å²) in [4.78, 5) is 32.1. The fourth-order valence-corrected chi connectivity index (χ4v) is 6.01. The standard InChI is InChI=1S/C32H33F3N6O3S/c1-19(2)25-15-6-20(3)16-26(25)41-27(42)17-45-30(41)37-29(43)38-31(4,5)22-9-7-21(8-10-22)28-36-18-40(39-28)23-11-13-24(14-12-23)44-32(33,34)35/h6-16,18-19,30H,17H2,1-5H3,(H2,37,38,43). The van der Waals surface area contributed by atoms with Gasteiger partial charge in [0.2, 0.25) is 5.91 Å². The number of benzene rings is 3. The van der Waals surface area contributed by atoms with Crippen LogP contribution in [0.1, 0.15) is 50.3 Å². The molecule has 1 unspecified atom stereocenters. The van der Waals surface area contributed by atoms with Gasteiger partial charge in [-0.1, -0.05) is 50.2 Å². The van der Waals surface area contributed by atoms with Crippen LogP contribution < -0.4 is 20.3 Å². The van der Waals surface area contributed by atoms with Crippen LogP contribution in [0.4, 0.5) is 23.7 Å². The highest BCUT2D eigenvalue weighted by atomic mass is 32.2. The van der Waals surface area contributed by atoms with Crippen molar-refractivity contribution in [3.8, 4) is 22.8 Å². The van der Waals surface area contributed by atoms with Gasteiger partial charge >= 0.3 is 12.4 Å². The number of anilines is 1. The topological polar surface area (TPSA) is 101 Å². The third kappa shape index (κ3) is 7.42. The minimum absolute atomic E-state index is 0.0591. The summed E-state index contributed by atoms with van der Waals surface area (Å²) in [5.41, 5.74) is 3.62. The number of hydrogen-bond donors (Lipinski definition) is 2. The number of amides is 3. The van der Waals surface area contributed by atoms with Crippen molar-refractivity contribution in [3.05, 3.63) is 89.7 Å². The van der Waals surface area contributed by atoms with Gasteiger partial charge in [-0.3, -0.25) is 9.69 Å². The van der Waals surface area contributed by atoms with Gasteiger partial charge in [0.25, 0.3) is 0 Å². The van der Waals surface area contributed by atoms with Gasteiger partial charge in [0.05, 0.1) is 22.7 Å². The number of rotatable bonds is 8. The van der Waals surface area contributed by atoms with E-state index in [0.29, 0.717) is 17.1 Å². The molecule has 0 bridgehead atoms. The van der Waals surface area contributed by atoms with Crippen LogP contribution >= 0.6 is 11.8 Å². The molecule has 1 fully saturated rings. The van der Waals surface area contributed by atoms with Gasteiger partial charge < -0.3 is 15.4 Å². The maximum absolute atomic E-state index is 13.2. The molecule has 3 aromatic carbocycles. The number of hydrogen-bond acceptors (Lipinski definition) is 6. The van der Waals surface area contributed by atoms with Gasteiger partial charge in [-0.15, -0.1) is 30.0 Å². The molecular weight excluding hydrogens is 605 g/mol. The number of aryl methyl sites for hydroxylation is 1. The Kier molecular flexibility index (Phi) is 8.83. The van der Waals surface area contributed by atoms with Crippen molar-refractivity contribution in [1.29, 1.82) is 0 Å². The quantitative estimate of drug-likeness (QED) is 0.219. The Labute approximate surface area is 263 Å². The summed E-state index contributed by atoms with van der Waals surface area (Å²) in [6, 6.07) is 18.3. The monoisotopic (exact) mass is 638 g/mol. The molecule has 236 valence electrons. The summed E-state index contributed by atoms with van der Waals surface area (Å²) < 4.78 is 42.7. The van der Waals surface area contributed by atoms with Crippen molar-refractivity contribution < 1.29 is 27.5 Å². The summed E-state index contributed by atoms with van der Waals surface area (Å²) in [7, 11) is 0. The lowest BCUT2D eigenvalue weighted by Gasteiger charge is -2.31. The first-order valence-electron chi connectivity index (χ1n) is 14.2. The van der Waals surface area contributed by atoms with Crippen LogP contribution in [0.3, 0.4) is 0 Å². The minimum atomic E-state index is -4.77. The normalized spacial score (nSPS) is 15.4. The van der Waals surface area contributed by atoms with Crippen molar-refractivity contribution >= 4 is 29.4 Å². The van der Waals surface area contributed by atoms with Crippen molar-refractivity contribution in [2.45, 2.75) is 57.9 Å². The number of urea groups is 1. The first kappa shape index (κ1) is 31.9. The van der Waals surface area contributed by atoms with Crippen LogP contribution in [0.5, 0.6) is 5.75 Å². The van der Waals surface area contributed by atoms with Gasteiger partial charge in [0, 0.05) is 5.56 Å². The lowest BCUT2D eigenvalue weighted by Crippen LogP contribution is -2.52. The van der Waals surface area contributed by atoms with E-state index in [1.54, 1.807) is 4.90 Å². The van der Waals surface area contributed by atoms with Crippen molar-refractivity contribution in [2.24, 2.45) is 0 Å². The molecule has 13 heteroatoms. The van der Waals surface area contributed by atoms with Crippen molar-refractivity contribution in [3.63, 3.8) is 0 Å². The molecule has 9 nitrogen and oxygen atoms in total. The molecule has 5 rings (SSSR count). The molecule has 4 aromatic rings. The van der Waals surface area contributed by atoms with E-state index in [2.05, 4.69) is 39.3 Å². The molecule has 0 aliphatic carbocycles. The number of carbonyl (C=O) groups is 2. The minimum Gasteiger partial charge on any atom is -0.406 e. The zero-order valence-electron chi connectivity index (χ0n) is 25.3. The number of alkyl halides is 3. The number of aromatic nitrogens is 3. The molecule has 2 N–H and O–H groups in total. The Bertz CT molecular complexity index is 1690. The van der Waals surface area contributed by atoms with Gasteiger partial charge in [0.15, 0.2) is 11.3 Å². The average molecular weight is 639 g/mol. The maximum Gasteiger partial charge on any atom is 0.573 e.